The predicted octanol–water partition coefficient (Wildman–Crippen LogP) is 4.18. The Morgan fingerprint density at radius 2 is 1.85 bits per heavy atom. The third-order valence-electron chi connectivity index (χ3n) is 4.70. The van der Waals surface area contributed by atoms with Crippen LogP contribution in [-0.2, 0) is 15.4 Å². The second kappa shape index (κ2) is 6.52. The van der Waals surface area contributed by atoms with Crippen LogP contribution in [-0.4, -0.2) is 19.9 Å². The Bertz CT molecular complexity index is 1070. The predicted molar refractivity (Wildman–Crippen MR) is 102 cm³/mol. The minimum absolute atomic E-state index is 0.229. The molecule has 0 bridgehead atoms. The van der Waals surface area contributed by atoms with Crippen LogP contribution in [0.5, 0.6) is 0 Å². The van der Waals surface area contributed by atoms with Gasteiger partial charge < -0.3 is 4.98 Å². The molecule has 138 valence electrons. The zero-order chi connectivity index (χ0) is 19.1. The molecule has 0 aliphatic rings. The Morgan fingerprint density at radius 3 is 2.54 bits per heavy atom. The van der Waals surface area contributed by atoms with E-state index in [2.05, 4.69) is 9.71 Å². The van der Waals surface area contributed by atoms with Crippen LogP contribution < -0.4 is 4.72 Å². The first-order valence-electron chi connectivity index (χ1n) is 8.44. The number of hydrogen-bond donors (Lipinski definition) is 2. The molecular weight excluding hydrogens is 351 g/mol. The Kier molecular flexibility index (Phi) is 4.67. The van der Waals surface area contributed by atoms with Crippen molar-refractivity contribution in [1.29, 1.82) is 0 Å². The topological polar surface area (TPSA) is 62.0 Å². The zero-order valence-corrected chi connectivity index (χ0v) is 16.2. The Labute approximate surface area is 153 Å². The Hall–Kier alpha value is -2.18. The van der Waals surface area contributed by atoms with Crippen molar-refractivity contribution in [1.82, 2.24) is 9.71 Å². The first-order chi connectivity index (χ1) is 12.1. The lowest BCUT2D eigenvalue weighted by Gasteiger charge is -2.25. The maximum absolute atomic E-state index is 13.4. The van der Waals surface area contributed by atoms with Crippen LogP contribution in [0.3, 0.4) is 0 Å². The average Bonchev–Trinajstić information content (AvgIpc) is 2.96. The van der Waals surface area contributed by atoms with Crippen LogP contribution in [0.1, 0.15) is 30.5 Å². The number of aromatic amines is 1. The van der Waals surface area contributed by atoms with Crippen molar-refractivity contribution in [3.8, 4) is 0 Å². The van der Waals surface area contributed by atoms with Gasteiger partial charge in [-0.15, -0.1) is 0 Å². The summed E-state index contributed by atoms with van der Waals surface area (Å²) in [5, 5.41) is 0.891. The van der Waals surface area contributed by atoms with Gasteiger partial charge in [0, 0.05) is 29.1 Å². The molecule has 0 radical (unpaired) electrons. The molecule has 0 saturated carbocycles. The highest BCUT2D eigenvalue weighted by molar-refractivity contribution is 7.89. The summed E-state index contributed by atoms with van der Waals surface area (Å²) in [6.07, 6.45) is 1.82. The number of rotatable bonds is 5. The van der Waals surface area contributed by atoms with Crippen LogP contribution in [0.25, 0.3) is 10.9 Å². The van der Waals surface area contributed by atoms with Gasteiger partial charge in [-0.1, -0.05) is 31.5 Å². The molecule has 3 aromatic rings. The molecule has 0 aliphatic heterocycles. The van der Waals surface area contributed by atoms with Gasteiger partial charge in [-0.05, 0) is 49.2 Å². The van der Waals surface area contributed by atoms with E-state index < -0.39 is 15.4 Å². The van der Waals surface area contributed by atoms with Crippen LogP contribution >= 0.6 is 0 Å². The summed E-state index contributed by atoms with van der Waals surface area (Å²) in [7, 11) is -3.61. The van der Waals surface area contributed by atoms with Crippen molar-refractivity contribution in [3.05, 3.63) is 65.1 Å². The summed E-state index contributed by atoms with van der Waals surface area (Å²) < 4.78 is 41.6. The van der Waals surface area contributed by atoms with Crippen molar-refractivity contribution in [2.75, 3.05) is 6.54 Å². The number of halogens is 1. The largest absolute Gasteiger partial charge is 0.361 e. The van der Waals surface area contributed by atoms with E-state index in [9.17, 15) is 12.8 Å². The summed E-state index contributed by atoms with van der Waals surface area (Å²) in [6.45, 7) is 7.88. The SMILES string of the molecule is Cc1ccc(S(=O)(=O)NCC(C)(C)c2c[nH]c3cc(F)ccc23)c(C)c1. The fourth-order valence-electron chi connectivity index (χ4n) is 3.21. The van der Waals surface area contributed by atoms with Crippen molar-refractivity contribution >= 4 is 20.9 Å². The Morgan fingerprint density at radius 1 is 1.12 bits per heavy atom. The van der Waals surface area contributed by atoms with Gasteiger partial charge in [0.25, 0.3) is 0 Å². The summed E-state index contributed by atoms with van der Waals surface area (Å²) >= 11 is 0. The number of H-pyrrole nitrogens is 1. The molecule has 6 heteroatoms. The van der Waals surface area contributed by atoms with E-state index in [4.69, 9.17) is 0 Å². The fraction of sp³-hybridized carbons (Fsp3) is 0.300. The second-order valence-corrected chi connectivity index (χ2v) is 9.11. The van der Waals surface area contributed by atoms with Crippen LogP contribution in [0, 0.1) is 19.7 Å². The highest BCUT2D eigenvalue weighted by atomic mass is 32.2. The second-order valence-electron chi connectivity index (χ2n) is 7.37. The lowest BCUT2D eigenvalue weighted by atomic mass is 9.85. The third-order valence-corrected chi connectivity index (χ3v) is 6.26. The van der Waals surface area contributed by atoms with Crippen LogP contribution in [0.2, 0.25) is 0 Å². The highest BCUT2D eigenvalue weighted by Gasteiger charge is 2.27. The van der Waals surface area contributed by atoms with Gasteiger partial charge in [-0.2, -0.15) is 0 Å². The lowest BCUT2D eigenvalue weighted by Crippen LogP contribution is -2.36. The van der Waals surface area contributed by atoms with Gasteiger partial charge in [0.2, 0.25) is 10.0 Å². The molecule has 1 heterocycles. The molecular formula is C20H23FN2O2S. The maximum atomic E-state index is 13.4. The number of hydrogen-bond acceptors (Lipinski definition) is 2. The first-order valence-corrected chi connectivity index (χ1v) is 9.92. The van der Waals surface area contributed by atoms with Gasteiger partial charge >= 0.3 is 0 Å². The van der Waals surface area contributed by atoms with Gasteiger partial charge in [0.05, 0.1) is 4.90 Å². The molecule has 3 rings (SSSR count). The molecule has 2 N–H and O–H groups in total. The molecule has 0 fully saturated rings. The fourth-order valence-corrected chi connectivity index (χ4v) is 4.64. The average molecular weight is 374 g/mol. The summed E-state index contributed by atoms with van der Waals surface area (Å²) in [6, 6.07) is 9.85. The van der Waals surface area contributed by atoms with E-state index in [-0.39, 0.29) is 12.4 Å². The van der Waals surface area contributed by atoms with Crippen molar-refractivity contribution in [2.24, 2.45) is 0 Å². The van der Waals surface area contributed by atoms with Gasteiger partial charge in [-0.3, -0.25) is 0 Å². The first kappa shape index (κ1) is 18.6. The summed E-state index contributed by atoms with van der Waals surface area (Å²) in [4.78, 5) is 3.35. The zero-order valence-electron chi connectivity index (χ0n) is 15.4. The number of nitrogens with one attached hydrogen (secondary N) is 2. The number of sulfonamides is 1. The van der Waals surface area contributed by atoms with Crippen LogP contribution in [0.15, 0.2) is 47.5 Å². The van der Waals surface area contributed by atoms with E-state index in [0.717, 1.165) is 22.1 Å². The maximum Gasteiger partial charge on any atom is 0.240 e. The molecule has 0 atom stereocenters. The highest BCUT2D eigenvalue weighted by Crippen LogP contribution is 2.31. The molecule has 0 unspecified atom stereocenters. The molecule has 0 aliphatic carbocycles. The molecule has 4 nitrogen and oxygen atoms in total. The third kappa shape index (κ3) is 3.52. The van der Waals surface area contributed by atoms with E-state index in [1.807, 2.05) is 33.0 Å². The molecule has 0 spiro atoms. The summed E-state index contributed by atoms with van der Waals surface area (Å²) in [5.74, 6) is -0.306. The van der Waals surface area contributed by atoms with E-state index in [0.29, 0.717) is 10.4 Å². The molecule has 0 saturated heterocycles. The van der Waals surface area contributed by atoms with Crippen molar-refractivity contribution in [3.63, 3.8) is 0 Å². The van der Waals surface area contributed by atoms with Crippen molar-refractivity contribution < 1.29 is 12.8 Å². The minimum Gasteiger partial charge on any atom is -0.361 e. The Balaban J connectivity index is 1.87. The van der Waals surface area contributed by atoms with E-state index >= 15 is 0 Å². The minimum atomic E-state index is -3.61. The van der Waals surface area contributed by atoms with Crippen LogP contribution in [0.4, 0.5) is 4.39 Å². The molecule has 1 aromatic heterocycles. The number of fused-ring (bicyclic) bond motifs is 1. The smallest absolute Gasteiger partial charge is 0.240 e. The van der Waals surface area contributed by atoms with E-state index in [1.54, 1.807) is 25.1 Å². The molecule has 2 aromatic carbocycles. The number of aryl methyl sites for hydroxylation is 2. The molecule has 26 heavy (non-hydrogen) atoms. The normalized spacial score (nSPS) is 12.7. The standard InChI is InChI=1S/C20H23FN2O2S/c1-13-5-8-19(14(2)9-13)26(24,25)23-12-20(3,4)17-11-22-18-10-15(21)6-7-16(17)18/h5-11,22-23H,12H2,1-4H3. The number of aromatic nitrogens is 1. The molecule has 0 amide bonds. The van der Waals surface area contributed by atoms with Crippen molar-refractivity contribution in [2.45, 2.75) is 38.0 Å². The quantitative estimate of drug-likeness (QED) is 0.704. The van der Waals surface area contributed by atoms with Gasteiger partial charge in [0.1, 0.15) is 5.82 Å². The summed E-state index contributed by atoms with van der Waals surface area (Å²) in [5.41, 5.74) is 2.91. The lowest BCUT2D eigenvalue weighted by molar-refractivity contribution is 0.504. The number of benzene rings is 2. The monoisotopic (exact) mass is 374 g/mol. The van der Waals surface area contributed by atoms with Gasteiger partial charge in [0.15, 0.2) is 0 Å². The van der Waals surface area contributed by atoms with E-state index in [1.165, 1.54) is 12.1 Å². The van der Waals surface area contributed by atoms with Gasteiger partial charge in [-0.25, -0.2) is 17.5 Å².